The normalized spacial score (nSPS) is 21.5. The van der Waals surface area contributed by atoms with E-state index < -0.39 is 11.5 Å². The van der Waals surface area contributed by atoms with Gasteiger partial charge in [0, 0.05) is 19.9 Å². The molecule has 6 heteroatoms. The Morgan fingerprint density at radius 3 is 2.90 bits per heavy atom. The summed E-state index contributed by atoms with van der Waals surface area (Å²) >= 11 is 0. The third-order valence-electron chi connectivity index (χ3n) is 3.99. The van der Waals surface area contributed by atoms with E-state index in [0.29, 0.717) is 31.5 Å². The van der Waals surface area contributed by atoms with E-state index in [1.165, 1.54) is 12.0 Å². The summed E-state index contributed by atoms with van der Waals surface area (Å²) in [6.07, 6.45) is 3.28. The largest absolute Gasteiger partial charge is 0.479 e. The zero-order valence-electron chi connectivity index (χ0n) is 12.3. The Balaban J connectivity index is 2.39. The van der Waals surface area contributed by atoms with Gasteiger partial charge in [-0.3, -0.25) is 9.78 Å². The minimum Gasteiger partial charge on any atom is -0.479 e. The summed E-state index contributed by atoms with van der Waals surface area (Å²) in [4.78, 5) is 30.0. The standard InChI is InChI=1S/C15H20N2O4/c1-3-11-6-4-8-16-12(11)13(18)17-9-5-7-15(17,10-21-2)14(19)20/h4,6,8H,3,5,7,9-10H2,1-2H3,(H,19,20). The number of rotatable bonds is 5. The number of carbonyl (C=O) groups excluding carboxylic acids is 1. The molecule has 0 spiro atoms. The molecule has 1 aromatic rings. The lowest BCUT2D eigenvalue weighted by Crippen LogP contribution is -2.56. The summed E-state index contributed by atoms with van der Waals surface area (Å²) in [5, 5.41) is 9.59. The lowest BCUT2D eigenvalue weighted by molar-refractivity contribution is -0.151. The summed E-state index contributed by atoms with van der Waals surface area (Å²) in [7, 11) is 1.45. The Morgan fingerprint density at radius 2 is 2.29 bits per heavy atom. The number of likely N-dealkylation sites (tertiary alicyclic amines) is 1. The number of methoxy groups -OCH3 is 1. The maximum Gasteiger partial charge on any atom is 0.332 e. The van der Waals surface area contributed by atoms with Gasteiger partial charge in [0.2, 0.25) is 0 Å². The van der Waals surface area contributed by atoms with Gasteiger partial charge in [-0.1, -0.05) is 13.0 Å². The summed E-state index contributed by atoms with van der Waals surface area (Å²) < 4.78 is 5.07. The molecule has 2 rings (SSSR count). The summed E-state index contributed by atoms with van der Waals surface area (Å²) in [5.41, 5.74) is -0.122. The van der Waals surface area contributed by atoms with E-state index in [2.05, 4.69) is 4.98 Å². The number of amides is 1. The molecule has 1 aliphatic heterocycles. The van der Waals surface area contributed by atoms with Crippen molar-refractivity contribution < 1.29 is 19.4 Å². The number of carbonyl (C=O) groups is 2. The molecule has 1 atom stereocenters. The van der Waals surface area contributed by atoms with Crippen molar-refractivity contribution in [1.29, 1.82) is 0 Å². The smallest absolute Gasteiger partial charge is 0.332 e. The number of hydrogen-bond donors (Lipinski definition) is 1. The molecule has 1 saturated heterocycles. The Bertz CT molecular complexity index is 546. The number of hydrogen-bond acceptors (Lipinski definition) is 4. The first-order valence-electron chi connectivity index (χ1n) is 7.05. The van der Waals surface area contributed by atoms with Crippen molar-refractivity contribution >= 4 is 11.9 Å². The fraction of sp³-hybridized carbons (Fsp3) is 0.533. The Kier molecular flexibility index (Phi) is 4.57. The van der Waals surface area contributed by atoms with Crippen LogP contribution in [0.25, 0.3) is 0 Å². The van der Waals surface area contributed by atoms with Gasteiger partial charge in [-0.25, -0.2) is 4.79 Å². The van der Waals surface area contributed by atoms with Gasteiger partial charge in [0.05, 0.1) is 6.61 Å². The van der Waals surface area contributed by atoms with Gasteiger partial charge in [0.15, 0.2) is 5.54 Å². The fourth-order valence-electron chi connectivity index (χ4n) is 2.89. The molecule has 0 saturated carbocycles. The molecular weight excluding hydrogens is 272 g/mol. The Morgan fingerprint density at radius 1 is 1.52 bits per heavy atom. The van der Waals surface area contributed by atoms with Crippen molar-refractivity contribution in [1.82, 2.24) is 9.88 Å². The van der Waals surface area contributed by atoms with Gasteiger partial charge in [-0.2, -0.15) is 0 Å². The van der Waals surface area contributed by atoms with Gasteiger partial charge < -0.3 is 14.7 Å². The second-order valence-corrected chi connectivity index (χ2v) is 5.19. The van der Waals surface area contributed by atoms with E-state index >= 15 is 0 Å². The van der Waals surface area contributed by atoms with Crippen LogP contribution < -0.4 is 0 Å². The molecule has 21 heavy (non-hydrogen) atoms. The van der Waals surface area contributed by atoms with Crippen LogP contribution >= 0.6 is 0 Å². The highest BCUT2D eigenvalue weighted by Gasteiger charge is 2.50. The monoisotopic (exact) mass is 292 g/mol. The molecule has 1 N–H and O–H groups in total. The van der Waals surface area contributed by atoms with E-state index in [4.69, 9.17) is 4.74 Å². The molecule has 2 heterocycles. The van der Waals surface area contributed by atoms with Crippen LogP contribution in [0.5, 0.6) is 0 Å². The average molecular weight is 292 g/mol. The van der Waals surface area contributed by atoms with Crippen LogP contribution in [-0.4, -0.2) is 52.7 Å². The van der Waals surface area contributed by atoms with Crippen molar-refractivity contribution in [3.05, 3.63) is 29.6 Å². The molecular formula is C15H20N2O4. The first-order valence-corrected chi connectivity index (χ1v) is 7.05. The van der Waals surface area contributed by atoms with E-state index in [1.54, 1.807) is 12.3 Å². The molecule has 1 unspecified atom stereocenters. The van der Waals surface area contributed by atoms with Crippen LogP contribution in [-0.2, 0) is 16.0 Å². The molecule has 1 amide bonds. The Hall–Kier alpha value is -1.95. The molecule has 0 bridgehead atoms. The molecule has 6 nitrogen and oxygen atoms in total. The second-order valence-electron chi connectivity index (χ2n) is 5.19. The van der Waals surface area contributed by atoms with Gasteiger partial charge in [-0.15, -0.1) is 0 Å². The third-order valence-corrected chi connectivity index (χ3v) is 3.99. The predicted octanol–water partition coefficient (Wildman–Crippen LogP) is 1.35. The van der Waals surface area contributed by atoms with Gasteiger partial charge >= 0.3 is 5.97 Å². The number of aromatic nitrogens is 1. The number of carboxylic acids is 1. The average Bonchev–Trinajstić information content (AvgIpc) is 2.92. The zero-order chi connectivity index (χ0) is 15.5. The van der Waals surface area contributed by atoms with E-state index in [-0.39, 0.29) is 12.5 Å². The van der Waals surface area contributed by atoms with E-state index in [9.17, 15) is 14.7 Å². The number of carboxylic acid groups (broad SMARTS) is 1. The van der Waals surface area contributed by atoms with Crippen LogP contribution in [0, 0.1) is 0 Å². The first kappa shape index (κ1) is 15.4. The van der Waals surface area contributed by atoms with Crippen LogP contribution in [0.3, 0.4) is 0 Å². The molecule has 114 valence electrons. The molecule has 0 radical (unpaired) electrons. The lowest BCUT2D eigenvalue weighted by Gasteiger charge is -2.34. The molecule has 1 aromatic heterocycles. The van der Waals surface area contributed by atoms with Crippen molar-refractivity contribution in [2.24, 2.45) is 0 Å². The maximum atomic E-state index is 12.8. The van der Waals surface area contributed by atoms with Crippen molar-refractivity contribution in [3.8, 4) is 0 Å². The van der Waals surface area contributed by atoms with Crippen molar-refractivity contribution in [2.75, 3.05) is 20.3 Å². The summed E-state index contributed by atoms with van der Waals surface area (Å²) in [6.45, 7) is 2.34. The summed E-state index contributed by atoms with van der Waals surface area (Å²) in [5.74, 6) is -1.35. The van der Waals surface area contributed by atoms with Gasteiger partial charge in [0.1, 0.15) is 5.69 Å². The topological polar surface area (TPSA) is 79.7 Å². The minimum atomic E-state index is -1.28. The highest BCUT2D eigenvalue weighted by Crippen LogP contribution is 2.32. The number of pyridine rings is 1. The molecule has 0 aliphatic carbocycles. The highest BCUT2D eigenvalue weighted by molar-refractivity contribution is 5.98. The van der Waals surface area contributed by atoms with E-state index in [0.717, 1.165) is 5.56 Å². The third kappa shape index (κ3) is 2.63. The highest BCUT2D eigenvalue weighted by atomic mass is 16.5. The van der Waals surface area contributed by atoms with Gasteiger partial charge in [0.25, 0.3) is 5.91 Å². The Labute approximate surface area is 123 Å². The number of aryl methyl sites for hydroxylation is 1. The van der Waals surface area contributed by atoms with Crippen molar-refractivity contribution in [2.45, 2.75) is 31.7 Å². The quantitative estimate of drug-likeness (QED) is 0.886. The predicted molar refractivity (Wildman–Crippen MR) is 76.1 cm³/mol. The van der Waals surface area contributed by atoms with Gasteiger partial charge in [-0.05, 0) is 30.9 Å². The van der Waals surface area contributed by atoms with Crippen LogP contribution in [0.4, 0.5) is 0 Å². The van der Waals surface area contributed by atoms with Crippen LogP contribution in [0.15, 0.2) is 18.3 Å². The number of aliphatic carboxylic acids is 1. The first-order chi connectivity index (χ1) is 10.1. The molecule has 0 aromatic carbocycles. The van der Waals surface area contributed by atoms with Crippen molar-refractivity contribution in [3.63, 3.8) is 0 Å². The maximum absolute atomic E-state index is 12.8. The number of ether oxygens (including phenoxy) is 1. The SMILES string of the molecule is CCc1cccnc1C(=O)N1CCCC1(COC)C(=O)O. The van der Waals surface area contributed by atoms with E-state index in [1.807, 2.05) is 13.0 Å². The molecule has 1 aliphatic rings. The minimum absolute atomic E-state index is 0.0115. The van der Waals surface area contributed by atoms with Crippen LogP contribution in [0.2, 0.25) is 0 Å². The lowest BCUT2D eigenvalue weighted by atomic mass is 9.96. The zero-order valence-corrected chi connectivity index (χ0v) is 12.3. The summed E-state index contributed by atoms with van der Waals surface area (Å²) in [6, 6.07) is 3.62. The second kappa shape index (κ2) is 6.22. The fourth-order valence-corrected chi connectivity index (χ4v) is 2.89. The molecule has 1 fully saturated rings. The van der Waals surface area contributed by atoms with Crippen LogP contribution in [0.1, 0.15) is 35.8 Å². The number of nitrogens with zero attached hydrogens (tertiary/aromatic N) is 2.